The molecule has 1 amide bonds. The molecule has 1 heterocycles. The number of hydrogen-bond donors (Lipinski definition) is 1. The molecular weight excluding hydrogens is 312 g/mol. The van der Waals surface area contributed by atoms with Crippen LogP contribution in [0.1, 0.15) is 31.2 Å². The van der Waals surface area contributed by atoms with Gasteiger partial charge in [0.25, 0.3) is 0 Å². The topological polar surface area (TPSA) is 41.6 Å². The average Bonchev–Trinajstić information content (AvgIpc) is 3.39. The molecule has 1 aliphatic carbocycles. The highest BCUT2D eigenvalue weighted by molar-refractivity contribution is 5.85. The normalized spacial score (nSPS) is 18.5. The van der Waals surface area contributed by atoms with E-state index >= 15 is 0 Å². The van der Waals surface area contributed by atoms with Gasteiger partial charge in [-0.15, -0.1) is 12.4 Å². The first-order chi connectivity index (χ1) is 10.8. The van der Waals surface area contributed by atoms with Gasteiger partial charge in [-0.05, 0) is 43.7 Å². The van der Waals surface area contributed by atoms with Crippen molar-refractivity contribution >= 4 is 18.3 Å². The van der Waals surface area contributed by atoms with E-state index in [1.165, 1.54) is 19.4 Å². The molecule has 0 aromatic heterocycles. The van der Waals surface area contributed by atoms with Gasteiger partial charge >= 0.3 is 0 Å². The monoisotopic (exact) mass is 338 g/mol. The summed E-state index contributed by atoms with van der Waals surface area (Å²) in [5, 5.41) is 3.64. The molecule has 2 fully saturated rings. The van der Waals surface area contributed by atoms with E-state index in [1.807, 2.05) is 35.2 Å². The van der Waals surface area contributed by atoms with E-state index in [4.69, 9.17) is 4.74 Å². The Balaban J connectivity index is 0.00000192. The Kier molecular flexibility index (Phi) is 7.34. The number of hydrogen-bond acceptors (Lipinski definition) is 3. The summed E-state index contributed by atoms with van der Waals surface area (Å²) in [6.45, 7) is 3.57. The zero-order chi connectivity index (χ0) is 15.2. The molecule has 0 bridgehead atoms. The largest absolute Gasteiger partial charge is 0.367 e. The fraction of sp³-hybridized carbons (Fsp3) is 0.611. The molecule has 1 aromatic carbocycles. The number of likely N-dealkylation sites (tertiary alicyclic amines) is 1. The van der Waals surface area contributed by atoms with Crippen LogP contribution in [0.5, 0.6) is 0 Å². The maximum Gasteiger partial charge on any atom is 0.248 e. The molecule has 0 atom stereocenters. The Hall–Kier alpha value is -1.10. The maximum atomic E-state index is 12.2. The lowest BCUT2D eigenvalue weighted by Crippen LogP contribution is -2.46. The van der Waals surface area contributed by atoms with Crippen LogP contribution in [0.15, 0.2) is 30.3 Å². The number of ether oxygens (including phenoxy) is 1. The summed E-state index contributed by atoms with van der Waals surface area (Å²) in [5.41, 5.74) is 1.11. The SMILES string of the molecule is Cl.O=C(COCc1ccccc1)N1CCC(NCC2CC2)CC1. The van der Waals surface area contributed by atoms with Crippen molar-refractivity contribution in [3.8, 4) is 0 Å². The molecular formula is C18H27ClN2O2. The van der Waals surface area contributed by atoms with Crippen molar-refractivity contribution in [2.45, 2.75) is 38.3 Å². The Morgan fingerprint density at radius 1 is 1.13 bits per heavy atom. The molecule has 23 heavy (non-hydrogen) atoms. The number of carbonyl (C=O) groups excluding carboxylic acids is 1. The molecule has 0 spiro atoms. The molecule has 1 aromatic rings. The van der Waals surface area contributed by atoms with Crippen molar-refractivity contribution in [1.29, 1.82) is 0 Å². The maximum absolute atomic E-state index is 12.2. The minimum absolute atomic E-state index is 0. The summed E-state index contributed by atoms with van der Waals surface area (Å²) in [4.78, 5) is 14.1. The van der Waals surface area contributed by atoms with Gasteiger partial charge in [0.05, 0.1) is 6.61 Å². The third kappa shape index (κ3) is 6.13. The van der Waals surface area contributed by atoms with Crippen LogP contribution in [0.25, 0.3) is 0 Å². The molecule has 1 N–H and O–H groups in total. The van der Waals surface area contributed by atoms with Crippen molar-refractivity contribution in [3.05, 3.63) is 35.9 Å². The third-order valence-electron chi connectivity index (χ3n) is 4.58. The van der Waals surface area contributed by atoms with Crippen LogP contribution in [-0.2, 0) is 16.1 Å². The van der Waals surface area contributed by atoms with E-state index in [0.717, 1.165) is 37.4 Å². The van der Waals surface area contributed by atoms with Gasteiger partial charge in [-0.1, -0.05) is 30.3 Å². The molecule has 0 unspecified atom stereocenters. The number of benzene rings is 1. The average molecular weight is 339 g/mol. The summed E-state index contributed by atoms with van der Waals surface area (Å²) in [6.07, 6.45) is 4.92. The van der Waals surface area contributed by atoms with Gasteiger partial charge in [-0.2, -0.15) is 0 Å². The van der Waals surface area contributed by atoms with E-state index in [9.17, 15) is 4.79 Å². The van der Waals surface area contributed by atoms with Crippen LogP contribution in [0.2, 0.25) is 0 Å². The van der Waals surface area contributed by atoms with Gasteiger partial charge in [0.2, 0.25) is 5.91 Å². The second-order valence-corrected chi connectivity index (χ2v) is 6.49. The van der Waals surface area contributed by atoms with Gasteiger partial charge in [0.15, 0.2) is 0 Å². The van der Waals surface area contributed by atoms with Gasteiger partial charge in [0, 0.05) is 19.1 Å². The zero-order valence-corrected chi connectivity index (χ0v) is 14.4. The van der Waals surface area contributed by atoms with Crippen molar-refractivity contribution in [2.24, 2.45) is 5.92 Å². The standard InChI is InChI=1S/C18H26N2O2.ClH/c21-18(14-22-13-16-4-2-1-3-5-16)20-10-8-17(9-11-20)19-12-15-6-7-15;/h1-5,15,17,19H,6-14H2;1H. The third-order valence-corrected chi connectivity index (χ3v) is 4.58. The molecule has 4 nitrogen and oxygen atoms in total. The highest BCUT2D eigenvalue weighted by atomic mass is 35.5. The van der Waals surface area contributed by atoms with Gasteiger partial charge in [-0.3, -0.25) is 4.79 Å². The first-order valence-electron chi connectivity index (χ1n) is 8.44. The Labute approximate surface area is 145 Å². The molecule has 1 saturated carbocycles. The van der Waals surface area contributed by atoms with Gasteiger partial charge in [-0.25, -0.2) is 0 Å². The predicted octanol–water partition coefficient (Wildman–Crippen LogP) is 2.62. The van der Waals surface area contributed by atoms with Crippen LogP contribution in [-0.4, -0.2) is 43.1 Å². The summed E-state index contributed by atoms with van der Waals surface area (Å²) in [7, 11) is 0. The second kappa shape index (κ2) is 9.26. The van der Waals surface area contributed by atoms with Crippen molar-refractivity contribution in [3.63, 3.8) is 0 Å². The molecule has 3 rings (SSSR count). The fourth-order valence-corrected chi connectivity index (χ4v) is 2.91. The summed E-state index contributed by atoms with van der Waals surface area (Å²) in [5.74, 6) is 1.04. The van der Waals surface area contributed by atoms with Crippen molar-refractivity contribution in [1.82, 2.24) is 10.2 Å². The number of piperidine rings is 1. The predicted molar refractivity (Wildman–Crippen MR) is 93.7 cm³/mol. The fourth-order valence-electron chi connectivity index (χ4n) is 2.91. The highest BCUT2D eigenvalue weighted by Crippen LogP contribution is 2.28. The second-order valence-electron chi connectivity index (χ2n) is 6.49. The van der Waals surface area contributed by atoms with Crippen molar-refractivity contribution in [2.75, 3.05) is 26.2 Å². The smallest absolute Gasteiger partial charge is 0.248 e. The van der Waals surface area contributed by atoms with Gasteiger partial charge in [0.1, 0.15) is 6.61 Å². The lowest BCUT2D eigenvalue weighted by atomic mass is 10.0. The van der Waals surface area contributed by atoms with Crippen LogP contribution < -0.4 is 5.32 Å². The molecule has 1 saturated heterocycles. The van der Waals surface area contributed by atoms with E-state index in [0.29, 0.717) is 12.6 Å². The van der Waals surface area contributed by atoms with E-state index in [-0.39, 0.29) is 24.9 Å². The number of amides is 1. The van der Waals surface area contributed by atoms with Gasteiger partial charge < -0.3 is 15.0 Å². The van der Waals surface area contributed by atoms with E-state index < -0.39 is 0 Å². The minimum Gasteiger partial charge on any atom is -0.367 e. The minimum atomic E-state index is 0. The molecule has 2 aliphatic rings. The molecule has 5 heteroatoms. The van der Waals surface area contributed by atoms with Crippen LogP contribution in [0.4, 0.5) is 0 Å². The Morgan fingerprint density at radius 2 is 1.83 bits per heavy atom. The first-order valence-corrected chi connectivity index (χ1v) is 8.44. The van der Waals surface area contributed by atoms with E-state index in [2.05, 4.69) is 5.32 Å². The summed E-state index contributed by atoms with van der Waals surface area (Å²) < 4.78 is 5.54. The van der Waals surface area contributed by atoms with Crippen LogP contribution >= 0.6 is 12.4 Å². The Bertz CT molecular complexity index is 471. The lowest BCUT2D eigenvalue weighted by Gasteiger charge is -2.32. The zero-order valence-electron chi connectivity index (χ0n) is 13.6. The van der Waals surface area contributed by atoms with Crippen LogP contribution in [0, 0.1) is 5.92 Å². The number of carbonyl (C=O) groups is 1. The Morgan fingerprint density at radius 3 is 2.48 bits per heavy atom. The molecule has 128 valence electrons. The lowest BCUT2D eigenvalue weighted by molar-refractivity contribution is -0.137. The quantitative estimate of drug-likeness (QED) is 0.831. The number of halogens is 1. The van der Waals surface area contributed by atoms with E-state index in [1.54, 1.807) is 0 Å². The number of nitrogens with zero attached hydrogens (tertiary/aromatic N) is 1. The molecule has 1 aliphatic heterocycles. The summed E-state index contributed by atoms with van der Waals surface area (Å²) >= 11 is 0. The van der Waals surface area contributed by atoms with Crippen LogP contribution in [0.3, 0.4) is 0 Å². The summed E-state index contributed by atoms with van der Waals surface area (Å²) in [6, 6.07) is 10.6. The first kappa shape index (κ1) is 18.2. The number of nitrogens with one attached hydrogen (secondary N) is 1. The molecule has 0 radical (unpaired) electrons. The van der Waals surface area contributed by atoms with Crippen molar-refractivity contribution < 1.29 is 9.53 Å². The highest BCUT2D eigenvalue weighted by Gasteiger charge is 2.25. The number of rotatable bonds is 7.